The summed E-state index contributed by atoms with van der Waals surface area (Å²) < 4.78 is 0. The molecule has 0 aromatic heterocycles. The van der Waals surface area contributed by atoms with Gasteiger partial charge in [-0.3, -0.25) is 9.69 Å². The summed E-state index contributed by atoms with van der Waals surface area (Å²) in [5, 5.41) is 0. The molecule has 0 aromatic carbocycles. The predicted octanol–water partition coefficient (Wildman–Crippen LogP) is 2.87. The van der Waals surface area contributed by atoms with Gasteiger partial charge in [0.2, 0.25) is 0 Å². The molecule has 0 aromatic rings. The maximum Gasteiger partial charge on any atom is 0.149 e. The van der Waals surface area contributed by atoms with Crippen LogP contribution in [-0.4, -0.2) is 30.3 Å². The fraction of sp³-hybridized carbons (Fsp3) is 0.923. The van der Waals surface area contributed by atoms with E-state index in [2.05, 4.69) is 11.9 Å². The van der Waals surface area contributed by atoms with Gasteiger partial charge in [0, 0.05) is 12.0 Å². The fourth-order valence-corrected chi connectivity index (χ4v) is 2.26. The summed E-state index contributed by atoms with van der Waals surface area (Å²) in [6.45, 7) is 4.62. The highest BCUT2D eigenvalue weighted by molar-refractivity contribution is 5.82. The number of rotatable bonds is 4. The molecule has 88 valence electrons. The minimum atomic E-state index is 0.179. The molecule has 1 aliphatic carbocycles. The van der Waals surface area contributed by atoms with Crippen LogP contribution in [-0.2, 0) is 4.79 Å². The molecule has 15 heavy (non-hydrogen) atoms. The molecule has 0 N–H and O–H groups in total. The number of carbonyl (C=O) groups is 1. The Morgan fingerprint density at radius 1 is 1.20 bits per heavy atom. The van der Waals surface area contributed by atoms with Crippen molar-refractivity contribution < 1.29 is 4.79 Å². The highest BCUT2D eigenvalue weighted by Gasteiger charge is 2.19. The molecule has 1 rings (SSSR count). The molecule has 0 spiro atoms. The number of carbonyl (C=O) groups excluding carboxylic acids is 1. The van der Waals surface area contributed by atoms with Crippen molar-refractivity contribution in [2.24, 2.45) is 5.92 Å². The second-order valence-corrected chi connectivity index (χ2v) is 5.18. The summed E-state index contributed by atoms with van der Waals surface area (Å²) in [4.78, 5) is 13.9. The van der Waals surface area contributed by atoms with Crippen molar-refractivity contribution in [3.8, 4) is 0 Å². The van der Waals surface area contributed by atoms with E-state index >= 15 is 0 Å². The van der Waals surface area contributed by atoms with Crippen molar-refractivity contribution in [2.45, 2.75) is 58.4 Å². The number of hydrogen-bond acceptors (Lipinski definition) is 2. The highest BCUT2D eigenvalue weighted by Crippen LogP contribution is 2.21. The van der Waals surface area contributed by atoms with Crippen molar-refractivity contribution in [3.05, 3.63) is 0 Å². The lowest BCUT2D eigenvalue weighted by atomic mass is 10.0. The summed E-state index contributed by atoms with van der Waals surface area (Å²) in [6.07, 6.45) is 7.99. The Kier molecular flexibility index (Phi) is 5.30. The molecule has 0 amide bonds. The van der Waals surface area contributed by atoms with E-state index in [9.17, 15) is 4.79 Å². The van der Waals surface area contributed by atoms with E-state index in [1.54, 1.807) is 0 Å². The molecule has 0 saturated heterocycles. The quantitative estimate of drug-likeness (QED) is 0.666. The number of hydrogen-bond donors (Lipinski definition) is 0. The topological polar surface area (TPSA) is 20.3 Å². The van der Waals surface area contributed by atoms with Crippen molar-refractivity contribution in [3.63, 3.8) is 0 Å². The maximum absolute atomic E-state index is 11.6. The molecule has 0 bridgehead atoms. The van der Waals surface area contributed by atoms with Crippen LogP contribution in [0.4, 0.5) is 0 Å². The van der Waals surface area contributed by atoms with E-state index in [0.717, 1.165) is 0 Å². The number of ketones is 1. The van der Waals surface area contributed by atoms with Crippen LogP contribution in [0, 0.1) is 5.92 Å². The Bertz CT molecular complexity index is 193. The molecule has 0 unspecified atom stereocenters. The molecule has 0 atom stereocenters. The smallest absolute Gasteiger partial charge is 0.149 e. The third-order valence-corrected chi connectivity index (χ3v) is 3.50. The highest BCUT2D eigenvalue weighted by atomic mass is 16.1. The van der Waals surface area contributed by atoms with Crippen LogP contribution >= 0.6 is 0 Å². The van der Waals surface area contributed by atoms with E-state index in [4.69, 9.17) is 0 Å². The van der Waals surface area contributed by atoms with E-state index in [1.165, 1.54) is 38.5 Å². The molecule has 0 aliphatic heterocycles. The SMILES string of the molecule is CC(C)C(=O)CN(C)C1CCCCCC1. The van der Waals surface area contributed by atoms with Gasteiger partial charge in [-0.2, -0.15) is 0 Å². The van der Waals surface area contributed by atoms with Gasteiger partial charge in [-0.25, -0.2) is 0 Å². The Balaban J connectivity index is 2.37. The van der Waals surface area contributed by atoms with Gasteiger partial charge in [0.05, 0.1) is 6.54 Å². The summed E-state index contributed by atoms with van der Waals surface area (Å²) in [5.74, 6) is 0.556. The van der Waals surface area contributed by atoms with Gasteiger partial charge in [-0.1, -0.05) is 39.5 Å². The second-order valence-electron chi connectivity index (χ2n) is 5.18. The van der Waals surface area contributed by atoms with Crippen LogP contribution in [0.1, 0.15) is 52.4 Å². The average molecular weight is 211 g/mol. The number of nitrogens with zero attached hydrogens (tertiary/aromatic N) is 1. The molecule has 2 heteroatoms. The third-order valence-electron chi connectivity index (χ3n) is 3.50. The number of likely N-dealkylation sites (N-methyl/N-ethyl adjacent to an activating group) is 1. The van der Waals surface area contributed by atoms with Crippen LogP contribution < -0.4 is 0 Å². The van der Waals surface area contributed by atoms with Crippen LogP contribution in [0.25, 0.3) is 0 Å². The normalized spacial score (nSPS) is 19.5. The van der Waals surface area contributed by atoms with Gasteiger partial charge in [0.1, 0.15) is 5.78 Å². The van der Waals surface area contributed by atoms with Crippen molar-refractivity contribution in [2.75, 3.05) is 13.6 Å². The summed E-state index contributed by atoms with van der Waals surface area (Å²) in [5.41, 5.74) is 0. The van der Waals surface area contributed by atoms with Gasteiger partial charge in [0.15, 0.2) is 0 Å². The van der Waals surface area contributed by atoms with Crippen molar-refractivity contribution in [1.29, 1.82) is 0 Å². The predicted molar refractivity (Wildman–Crippen MR) is 64.0 cm³/mol. The minimum Gasteiger partial charge on any atom is -0.298 e. The molecule has 0 heterocycles. The average Bonchev–Trinajstić information content (AvgIpc) is 2.45. The molecule has 1 saturated carbocycles. The van der Waals surface area contributed by atoms with Crippen molar-refractivity contribution in [1.82, 2.24) is 4.90 Å². The summed E-state index contributed by atoms with van der Waals surface area (Å²) >= 11 is 0. The fourth-order valence-electron chi connectivity index (χ4n) is 2.26. The van der Waals surface area contributed by atoms with E-state index < -0.39 is 0 Å². The first-order chi connectivity index (χ1) is 7.11. The Morgan fingerprint density at radius 2 is 1.73 bits per heavy atom. The van der Waals surface area contributed by atoms with E-state index in [1.807, 2.05) is 13.8 Å². The first kappa shape index (κ1) is 12.7. The van der Waals surface area contributed by atoms with Crippen LogP contribution in [0.5, 0.6) is 0 Å². The zero-order valence-corrected chi connectivity index (χ0v) is 10.5. The summed E-state index contributed by atoms with van der Waals surface area (Å²) in [7, 11) is 2.11. The van der Waals surface area contributed by atoms with Gasteiger partial charge in [-0.05, 0) is 19.9 Å². The molecule has 1 fully saturated rings. The lowest BCUT2D eigenvalue weighted by Crippen LogP contribution is -2.36. The largest absolute Gasteiger partial charge is 0.298 e. The molecular formula is C13H25NO. The molecule has 1 aliphatic rings. The molecule has 2 nitrogen and oxygen atoms in total. The number of Topliss-reactive ketones (excluding diaryl/α,β-unsaturated/α-hetero) is 1. The molecular weight excluding hydrogens is 186 g/mol. The van der Waals surface area contributed by atoms with Gasteiger partial charge >= 0.3 is 0 Å². The van der Waals surface area contributed by atoms with Crippen LogP contribution in [0.15, 0.2) is 0 Å². The van der Waals surface area contributed by atoms with Crippen LogP contribution in [0.2, 0.25) is 0 Å². The summed E-state index contributed by atoms with van der Waals surface area (Å²) in [6, 6.07) is 0.648. The zero-order chi connectivity index (χ0) is 11.3. The van der Waals surface area contributed by atoms with Gasteiger partial charge in [-0.15, -0.1) is 0 Å². The third kappa shape index (κ3) is 4.33. The Hall–Kier alpha value is -0.370. The standard InChI is InChI=1S/C13H25NO/c1-11(2)13(15)10-14(3)12-8-6-4-5-7-9-12/h11-12H,4-10H2,1-3H3. The van der Waals surface area contributed by atoms with E-state index in [0.29, 0.717) is 18.4 Å². The van der Waals surface area contributed by atoms with Crippen molar-refractivity contribution >= 4 is 5.78 Å². The minimum absolute atomic E-state index is 0.179. The lowest BCUT2D eigenvalue weighted by Gasteiger charge is -2.26. The second kappa shape index (κ2) is 6.26. The van der Waals surface area contributed by atoms with Gasteiger partial charge < -0.3 is 0 Å². The Labute approximate surface area is 94.0 Å². The first-order valence-electron chi connectivity index (χ1n) is 6.34. The molecule has 0 radical (unpaired) electrons. The zero-order valence-electron chi connectivity index (χ0n) is 10.5. The first-order valence-corrected chi connectivity index (χ1v) is 6.34. The maximum atomic E-state index is 11.6. The lowest BCUT2D eigenvalue weighted by molar-refractivity contribution is -0.123. The Morgan fingerprint density at radius 3 is 2.20 bits per heavy atom. The van der Waals surface area contributed by atoms with Gasteiger partial charge in [0.25, 0.3) is 0 Å². The van der Waals surface area contributed by atoms with E-state index in [-0.39, 0.29) is 5.92 Å². The monoisotopic (exact) mass is 211 g/mol. The van der Waals surface area contributed by atoms with Crippen LogP contribution in [0.3, 0.4) is 0 Å².